The number of nitrogens with zero attached hydrogens (tertiary/aromatic N) is 1. The quantitative estimate of drug-likeness (QED) is 0.612. The van der Waals surface area contributed by atoms with E-state index in [9.17, 15) is 9.59 Å². The van der Waals surface area contributed by atoms with E-state index in [1.165, 1.54) is 0 Å². The van der Waals surface area contributed by atoms with E-state index in [1.54, 1.807) is 12.3 Å². The molecule has 0 bridgehead atoms. The van der Waals surface area contributed by atoms with E-state index >= 15 is 0 Å². The third kappa shape index (κ3) is 3.23. The number of aryl methyl sites for hydroxylation is 2. The van der Waals surface area contributed by atoms with Gasteiger partial charge in [-0.3, -0.25) is 14.6 Å². The lowest BCUT2D eigenvalue weighted by atomic mass is 9.85. The summed E-state index contributed by atoms with van der Waals surface area (Å²) in [6, 6.07) is 7.57. The van der Waals surface area contributed by atoms with Gasteiger partial charge >= 0.3 is 0 Å². The number of hydrogen-bond acceptors (Lipinski definition) is 3. The Balaban J connectivity index is 2.01. The van der Waals surface area contributed by atoms with Crippen molar-refractivity contribution in [3.05, 3.63) is 52.2 Å². The first-order valence-electron chi connectivity index (χ1n) is 8.15. The van der Waals surface area contributed by atoms with Crippen LogP contribution in [0.4, 0.5) is 0 Å². The molecule has 2 aromatic rings. The molecule has 0 radical (unpaired) electrons. The topological polar surface area (TPSA) is 47.0 Å². The van der Waals surface area contributed by atoms with Gasteiger partial charge in [0.15, 0.2) is 5.78 Å². The SMILES string of the molecule is C#CC[C@@H]1CC(=O)C(c2c(C)cc(-c3ccc(Cl)cn3)cc2C)C1=O. The van der Waals surface area contributed by atoms with E-state index < -0.39 is 5.92 Å². The molecule has 1 fully saturated rings. The summed E-state index contributed by atoms with van der Waals surface area (Å²) in [5.74, 6) is 1.38. The zero-order valence-corrected chi connectivity index (χ0v) is 14.9. The Bertz CT molecular complexity index is 870. The van der Waals surface area contributed by atoms with E-state index in [2.05, 4.69) is 10.9 Å². The number of pyridine rings is 1. The lowest BCUT2D eigenvalue weighted by Crippen LogP contribution is -2.17. The predicted molar refractivity (Wildman–Crippen MR) is 98.5 cm³/mol. The van der Waals surface area contributed by atoms with Crippen molar-refractivity contribution in [3.63, 3.8) is 0 Å². The monoisotopic (exact) mass is 351 g/mol. The summed E-state index contributed by atoms with van der Waals surface area (Å²) < 4.78 is 0. The molecule has 1 aromatic carbocycles. The highest BCUT2D eigenvalue weighted by molar-refractivity contribution is 6.30. The van der Waals surface area contributed by atoms with Crippen molar-refractivity contribution < 1.29 is 9.59 Å². The number of benzene rings is 1. The molecule has 0 N–H and O–H groups in total. The fourth-order valence-electron chi connectivity index (χ4n) is 3.60. The largest absolute Gasteiger partial charge is 0.298 e. The maximum Gasteiger partial charge on any atom is 0.152 e. The fraction of sp³-hybridized carbons (Fsp3) is 0.286. The van der Waals surface area contributed by atoms with Gasteiger partial charge in [0.1, 0.15) is 11.7 Å². The maximum atomic E-state index is 12.7. The third-order valence-electron chi connectivity index (χ3n) is 4.73. The molecule has 126 valence electrons. The average Bonchev–Trinajstić information content (AvgIpc) is 2.83. The molecule has 1 unspecified atom stereocenters. The minimum atomic E-state index is -0.689. The van der Waals surface area contributed by atoms with Crippen LogP contribution in [-0.2, 0) is 9.59 Å². The van der Waals surface area contributed by atoms with Crippen LogP contribution in [0.15, 0.2) is 30.5 Å². The molecule has 1 aliphatic carbocycles. The number of hydrogen-bond donors (Lipinski definition) is 0. The summed E-state index contributed by atoms with van der Waals surface area (Å²) in [6.45, 7) is 3.85. The lowest BCUT2D eigenvalue weighted by molar-refractivity contribution is -0.124. The third-order valence-corrected chi connectivity index (χ3v) is 4.95. The van der Waals surface area contributed by atoms with E-state index in [4.69, 9.17) is 18.0 Å². The van der Waals surface area contributed by atoms with Crippen LogP contribution in [0.1, 0.15) is 35.4 Å². The molecule has 3 rings (SSSR count). The van der Waals surface area contributed by atoms with Crippen LogP contribution in [0, 0.1) is 32.1 Å². The number of aromatic nitrogens is 1. The Hall–Kier alpha value is -2.44. The van der Waals surface area contributed by atoms with Crippen molar-refractivity contribution in [1.82, 2.24) is 4.98 Å². The van der Waals surface area contributed by atoms with E-state index in [0.29, 0.717) is 11.4 Å². The molecular weight excluding hydrogens is 334 g/mol. The molecule has 1 aliphatic rings. The van der Waals surface area contributed by atoms with Crippen molar-refractivity contribution in [3.8, 4) is 23.6 Å². The summed E-state index contributed by atoms with van der Waals surface area (Å²) in [5.41, 5.74) is 4.39. The maximum absolute atomic E-state index is 12.7. The van der Waals surface area contributed by atoms with Crippen LogP contribution in [0.5, 0.6) is 0 Å². The summed E-state index contributed by atoms with van der Waals surface area (Å²) in [6.07, 6.45) is 7.49. The van der Waals surface area contributed by atoms with Gasteiger partial charge in [0.05, 0.1) is 10.7 Å². The van der Waals surface area contributed by atoms with Gasteiger partial charge < -0.3 is 0 Å². The first kappa shape index (κ1) is 17.4. The zero-order valence-electron chi connectivity index (χ0n) is 14.2. The van der Waals surface area contributed by atoms with Crippen LogP contribution in [0.3, 0.4) is 0 Å². The molecular formula is C21H18ClNO2. The molecule has 1 saturated carbocycles. The Kier molecular flexibility index (Phi) is 4.74. The molecule has 0 aliphatic heterocycles. The van der Waals surface area contributed by atoms with Crippen molar-refractivity contribution in [2.45, 2.75) is 32.6 Å². The van der Waals surface area contributed by atoms with Gasteiger partial charge in [-0.2, -0.15) is 0 Å². The molecule has 1 aromatic heterocycles. The second kappa shape index (κ2) is 6.82. The minimum absolute atomic E-state index is 0.0335. The number of carbonyl (C=O) groups excluding carboxylic acids is 2. The molecule has 0 spiro atoms. The lowest BCUT2D eigenvalue weighted by Gasteiger charge is -2.17. The molecule has 4 heteroatoms. The van der Waals surface area contributed by atoms with Crippen LogP contribution in [0.25, 0.3) is 11.3 Å². The number of Topliss-reactive ketones (excluding diaryl/α,β-unsaturated/α-hetero) is 2. The van der Waals surface area contributed by atoms with E-state index in [0.717, 1.165) is 27.9 Å². The Labute approximate surface area is 152 Å². The first-order valence-corrected chi connectivity index (χ1v) is 8.53. The average molecular weight is 352 g/mol. The second-order valence-corrected chi connectivity index (χ2v) is 6.93. The molecule has 0 amide bonds. The molecule has 0 saturated heterocycles. The van der Waals surface area contributed by atoms with Crippen LogP contribution < -0.4 is 0 Å². The van der Waals surface area contributed by atoms with Crippen LogP contribution in [0.2, 0.25) is 5.02 Å². The van der Waals surface area contributed by atoms with Gasteiger partial charge in [0.25, 0.3) is 0 Å². The number of carbonyl (C=O) groups is 2. The normalized spacial score (nSPS) is 19.9. The van der Waals surface area contributed by atoms with Gasteiger partial charge in [-0.05, 0) is 54.8 Å². The minimum Gasteiger partial charge on any atom is -0.298 e. The Morgan fingerprint density at radius 3 is 2.48 bits per heavy atom. The second-order valence-electron chi connectivity index (χ2n) is 6.50. The smallest absolute Gasteiger partial charge is 0.152 e. The standard InChI is InChI=1S/C21H18ClNO2/c1-4-5-14-10-18(24)20(21(14)25)19-12(2)8-15(9-13(19)3)17-7-6-16(22)11-23-17/h1,6-9,11,14,20H,5,10H2,2-3H3/t14-,20?/m1/s1. The van der Waals surface area contributed by atoms with Crippen LogP contribution >= 0.6 is 11.6 Å². The predicted octanol–water partition coefficient (Wildman–Crippen LogP) is 4.28. The number of halogens is 1. The molecule has 25 heavy (non-hydrogen) atoms. The number of ketones is 2. The number of rotatable bonds is 3. The van der Waals surface area contributed by atoms with E-state index in [-0.39, 0.29) is 23.9 Å². The fourth-order valence-corrected chi connectivity index (χ4v) is 3.71. The van der Waals surface area contributed by atoms with Crippen molar-refractivity contribution in [2.24, 2.45) is 5.92 Å². The van der Waals surface area contributed by atoms with Crippen molar-refractivity contribution in [1.29, 1.82) is 0 Å². The summed E-state index contributed by atoms with van der Waals surface area (Å²) in [5, 5.41) is 0.579. The summed E-state index contributed by atoms with van der Waals surface area (Å²) >= 11 is 5.89. The number of terminal acetylenes is 1. The van der Waals surface area contributed by atoms with Gasteiger partial charge in [0.2, 0.25) is 0 Å². The zero-order chi connectivity index (χ0) is 18.1. The van der Waals surface area contributed by atoms with Gasteiger partial charge in [-0.15, -0.1) is 12.3 Å². The Morgan fingerprint density at radius 1 is 1.24 bits per heavy atom. The highest BCUT2D eigenvalue weighted by atomic mass is 35.5. The van der Waals surface area contributed by atoms with E-state index in [1.807, 2.05) is 32.0 Å². The summed E-state index contributed by atoms with van der Waals surface area (Å²) in [4.78, 5) is 29.4. The molecule has 2 atom stereocenters. The van der Waals surface area contributed by atoms with Crippen molar-refractivity contribution in [2.75, 3.05) is 0 Å². The van der Waals surface area contributed by atoms with Gasteiger partial charge in [0, 0.05) is 30.5 Å². The van der Waals surface area contributed by atoms with Crippen LogP contribution in [-0.4, -0.2) is 16.6 Å². The molecule has 3 nitrogen and oxygen atoms in total. The van der Waals surface area contributed by atoms with Gasteiger partial charge in [-0.25, -0.2) is 0 Å². The molecule has 1 heterocycles. The highest BCUT2D eigenvalue weighted by Gasteiger charge is 2.42. The first-order chi connectivity index (χ1) is 11.9. The summed E-state index contributed by atoms with van der Waals surface area (Å²) in [7, 11) is 0. The van der Waals surface area contributed by atoms with Gasteiger partial charge in [-0.1, -0.05) is 11.6 Å². The highest BCUT2D eigenvalue weighted by Crippen LogP contribution is 2.38. The van der Waals surface area contributed by atoms with Crippen molar-refractivity contribution >= 4 is 23.2 Å². The Morgan fingerprint density at radius 2 is 1.92 bits per heavy atom.